The van der Waals surface area contributed by atoms with Gasteiger partial charge in [0.1, 0.15) is 30.6 Å². The van der Waals surface area contributed by atoms with E-state index in [1.165, 1.54) is 23.9 Å². The van der Waals surface area contributed by atoms with Crippen molar-refractivity contribution in [2.75, 3.05) is 34.0 Å². The molecule has 1 amide bonds. The van der Waals surface area contributed by atoms with Gasteiger partial charge in [-0.25, -0.2) is 0 Å². The Morgan fingerprint density at radius 1 is 0.850 bits per heavy atom. The van der Waals surface area contributed by atoms with Gasteiger partial charge in [-0.05, 0) is 59.8 Å². The van der Waals surface area contributed by atoms with Crippen molar-refractivity contribution in [2.24, 2.45) is 10.1 Å². The number of hydrogen-bond donors (Lipinski definition) is 1. The lowest BCUT2D eigenvalue weighted by Crippen LogP contribution is -2.35. The van der Waals surface area contributed by atoms with Crippen LogP contribution in [0.3, 0.4) is 0 Å². The number of carbonyl (C=O) groups is 1. The first-order valence-corrected chi connectivity index (χ1v) is 13.1. The number of hydrogen-bond acceptors (Lipinski definition) is 9. The number of hydrazone groups is 1. The summed E-state index contributed by atoms with van der Waals surface area (Å²) in [7, 11) is 3.12. The summed E-state index contributed by atoms with van der Waals surface area (Å²) in [6.45, 7) is 0.776. The van der Waals surface area contributed by atoms with Crippen molar-refractivity contribution in [3.05, 3.63) is 83.9 Å². The average molecular weight is 559 g/mol. The first-order valence-electron chi connectivity index (χ1n) is 12.3. The molecule has 0 bridgehead atoms. The highest BCUT2D eigenvalue weighted by Gasteiger charge is 2.35. The summed E-state index contributed by atoms with van der Waals surface area (Å²) in [5.74, 6) is 2.39. The van der Waals surface area contributed by atoms with E-state index >= 15 is 0 Å². The summed E-state index contributed by atoms with van der Waals surface area (Å²) >= 11 is 1.21. The molecule has 0 unspecified atom stereocenters. The van der Waals surface area contributed by atoms with Crippen LogP contribution in [0.1, 0.15) is 5.56 Å². The molecule has 0 saturated carbocycles. The van der Waals surface area contributed by atoms with Crippen LogP contribution in [0.25, 0.3) is 6.08 Å². The van der Waals surface area contributed by atoms with Gasteiger partial charge in [0.05, 0.1) is 19.8 Å². The average Bonchev–Trinajstić information content (AvgIpc) is 3.40. The zero-order valence-corrected chi connectivity index (χ0v) is 22.6. The molecular weight excluding hydrogens is 532 g/mol. The van der Waals surface area contributed by atoms with Crippen LogP contribution in [-0.2, 0) is 4.79 Å². The van der Waals surface area contributed by atoms with Crippen LogP contribution in [0.15, 0.2) is 88.5 Å². The van der Waals surface area contributed by atoms with E-state index in [9.17, 15) is 4.79 Å². The van der Waals surface area contributed by atoms with Crippen LogP contribution in [0, 0.1) is 5.41 Å². The van der Waals surface area contributed by atoms with Gasteiger partial charge in [0.25, 0.3) is 5.91 Å². The number of carbonyl (C=O) groups excluding carboxylic acids is 1. The molecule has 10 nitrogen and oxygen atoms in total. The van der Waals surface area contributed by atoms with Crippen molar-refractivity contribution in [3.63, 3.8) is 0 Å². The Balaban J connectivity index is 1.23. The number of thioether (sulfide) groups is 1. The number of aliphatic imine (C=N–C) groups is 1. The molecule has 3 aromatic rings. The van der Waals surface area contributed by atoms with E-state index in [4.69, 9.17) is 29.1 Å². The minimum absolute atomic E-state index is 0.0648. The number of nitrogens with one attached hydrogen (secondary N) is 1. The Hall–Kier alpha value is -4.77. The number of fused-ring (bicyclic) bond motifs is 1. The topological polar surface area (TPSA) is 115 Å². The number of amidine groups is 2. The Labute approximate surface area is 235 Å². The van der Waals surface area contributed by atoms with Crippen molar-refractivity contribution in [1.82, 2.24) is 5.01 Å². The Morgan fingerprint density at radius 3 is 2.25 bits per heavy atom. The largest absolute Gasteiger partial charge is 0.493 e. The second-order valence-corrected chi connectivity index (χ2v) is 9.41. The number of nitrogens with zero attached hydrogens (tertiary/aromatic N) is 3. The van der Waals surface area contributed by atoms with Gasteiger partial charge in [-0.3, -0.25) is 10.2 Å². The Kier molecular flexibility index (Phi) is 8.31. The Morgan fingerprint density at radius 2 is 1.52 bits per heavy atom. The molecule has 0 spiro atoms. The van der Waals surface area contributed by atoms with Gasteiger partial charge in [-0.2, -0.15) is 15.1 Å². The second kappa shape index (κ2) is 12.4. The van der Waals surface area contributed by atoms with E-state index < -0.39 is 5.91 Å². The summed E-state index contributed by atoms with van der Waals surface area (Å²) in [4.78, 5) is 16.9. The number of para-hydroxylation sites is 3. The summed E-state index contributed by atoms with van der Waals surface area (Å²) in [6.07, 6.45) is 1.58. The number of rotatable bonds is 11. The van der Waals surface area contributed by atoms with E-state index in [1.807, 2.05) is 54.6 Å². The summed E-state index contributed by atoms with van der Waals surface area (Å²) < 4.78 is 28.1. The van der Waals surface area contributed by atoms with E-state index in [-0.39, 0.29) is 24.6 Å². The predicted octanol–water partition coefficient (Wildman–Crippen LogP) is 4.86. The summed E-state index contributed by atoms with van der Waals surface area (Å²) in [5, 5.41) is 15.3. The van der Waals surface area contributed by atoms with Crippen LogP contribution in [0.5, 0.6) is 28.7 Å². The molecule has 0 fully saturated rings. The molecule has 0 atom stereocenters. The van der Waals surface area contributed by atoms with Crippen LogP contribution in [0.2, 0.25) is 0 Å². The molecule has 1 N–H and O–H groups in total. The molecule has 3 aromatic carbocycles. The highest BCUT2D eigenvalue weighted by molar-refractivity contribution is 8.27. The second-order valence-electron chi connectivity index (χ2n) is 8.37. The van der Waals surface area contributed by atoms with Gasteiger partial charge in [0, 0.05) is 0 Å². The third-order valence-corrected chi connectivity index (χ3v) is 6.65. The normalized spacial score (nSPS) is 15.3. The minimum atomic E-state index is -0.517. The maximum atomic E-state index is 12.8. The van der Waals surface area contributed by atoms with Crippen LogP contribution >= 0.6 is 11.8 Å². The Bertz CT molecular complexity index is 1510. The van der Waals surface area contributed by atoms with Crippen LogP contribution in [0.4, 0.5) is 0 Å². The zero-order chi connectivity index (χ0) is 27.9. The molecule has 0 aliphatic carbocycles. The minimum Gasteiger partial charge on any atom is -0.493 e. The molecule has 0 saturated heterocycles. The fraction of sp³-hybridized carbons (Fsp3) is 0.172. The molecule has 2 aliphatic rings. The van der Waals surface area contributed by atoms with Crippen molar-refractivity contribution >= 4 is 39.8 Å². The fourth-order valence-corrected chi connectivity index (χ4v) is 4.65. The van der Waals surface area contributed by atoms with Crippen molar-refractivity contribution in [1.29, 1.82) is 5.41 Å². The van der Waals surface area contributed by atoms with Crippen molar-refractivity contribution < 1.29 is 28.5 Å². The van der Waals surface area contributed by atoms with E-state index in [1.54, 1.807) is 31.4 Å². The van der Waals surface area contributed by atoms with Gasteiger partial charge < -0.3 is 23.7 Å². The van der Waals surface area contributed by atoms with Crippen LogP contribution in [-0.4, -0.2) is 61.0 Å². The number of methoxy groups -OCH3 is 2. The molecule has 11 heteroatoms. The highest BCUT2D eigenvalue weighted by atomic mass is 32.2. The number of benzene rings is 3. The van der Waals surface area contributed by atoms with Gasteiger partial charge >= 0.3 is 0 Å². The summed E-state index contributed by atoms with van der Waals surface area (Å²) in [6, 6.07) is 22.0. The maximum Gasteiger partial charge on any atom is 0.283 e. The SMILES string of the molecule is COc1ccccc1OCCOc1ccc(C=C2C(=N)N3N=C(COc4ccccc4)SC3=NC2=O)cc1OC. The van der Waals surface area contributed by atoms with Crippen molar-refractivity contribution in [3.8, 4) is 28.7 Å². The lowest BCUT2D eigenvalue weighted by Gasteiger charge is -2.20. The van der Waals surface area contributed by atoms with Gasteiger partial charge in [0.15, 0.2) is 28.8 Å². The first kappa shape index (κ1) is 26.8. The highest BCUT2D eigenvalue weighted by Crippen LogP contribution is 2.32. The third-order valence-electron chi connectivity index (χ3n) is 5.77. The predicted molar refractivity (Wildman–Crippen MR) is 154 cm³/mol. The standard InChI is InChI=1S/C29H26N4O6S/c1-35-22-10-6-7-11-23(22)37-14-15-38-24-13-12-19(17-25(24)36-2)16-21-27(30)33-29(31-28(21)34)40-26(32-33)18-39-20-8-4-3-5-9-20/h3-13,16-17,30H,14-15,18H2,1-2H3. The molecule has 0 radical (unpaired) electrons. The van der Waals surface area contributed by atoms with Gasteiger partial charge in [-0.15, -0.1) is 0 Å². The lowest BCUT2D eigenvalue weighted by molar-refractivity contribution is -0.114. The third kappa shape index (κ3) is 6.10. The van der Waals surface area contributed by atoms with E-state index in [0.717, 1.165) is 0 Å². The maximum absolute atomic E-state index is 12.8. The lowest BCUT2D eigenvalue weighted by atomic mass is 10.1. The van der Waals surface area contributed by atoms with E-state index in [0.29, 0.717) is 51.1 Å². The number of ether oxygens (including phenoxy) is 5. The molecular formula is C29H26N4O6S. The zero-order valence-electron chi connectivity index (χ0n) is 21.8. The monoisotopic (exact) mass is 558 g/mol. The quantitative estimate of drug-likeness (QED) is 0.262. The number of amides is 1. The molecule has 40 heavy (non-hydrogen) atoms. The van der Waals surface area contributed by atoms with Gasteiger partial charge in [-0.1, -0.05) is 36.4 Å². The fourth-order valence-electron chi connectivity index (χ4n) is 3.85. The summed E-state index contributed by atoms with van der Waals surface area (Å²) in [5.41, 5.74) is 0.754. The smallest absolute Gasteiger partial charge is 0.283 e. The van der Waals surface area contributed by atoms with Gasteiger partial charge in [0.2, 0.25) is 5.17 Å². The molecule has 2 heterocycles. The molecule has 2 aliphatic heterocycles. The molecule has 5 rings (SSSR count). The molecule has 204 valence electrons. The molecule has 0 aromatic heterocycles. The van der Waals surface area contributed by atoms with Crippen molar-refractivity contribution in [2.45, 2.75) is 0 Å². The first-order chi connectivity index (χ1) is 19.6. The van der Waals surface area contributed by atoms with Crippen LogP contribution < -0.4 is 23.7 Å². The van der Waals surface area contributed by atoms with E-state index in [2.05, 4.69) is 10.1 Å².